The number of ether oxygens (including phenoxy) is 1. The third-order valence-corrected chi connectivity index (χ3v) is 3.99. The molecule has 0 saturated carbocycles. The number of halogens is 1. The van der Waals surface area contributed by atoms with Crippen molar-refractivity contribution in [3.63, 3.8) is 0 Å². The molecule has 0 bridgehead atoms. The van der Waals surface area contributed by atoms with Crippen LogP contribution in [-0.2, 0) is 16.0 Å². The lowest BCUT2D eigenvalue weighted by Crippen LogP contribution is -2.33. The first-order chi connectivity index (χ1) is 12.5. The molecular weight excluding hydrogens is 335 g/mol. The molecule has 1 N–H and O–H groups in total. The summed E-state index contributed by atoms with van der Waals surface area (Å²) in [6.45, 7) is 2.34. The number of rotatable bonds is 8. The first-order valence-corrected chi connectivity index (χ1v) is 8.42. The summed E-state index contributed by atoms with van der Waals surface area (Å²) in [6.07, 6.45) is 0.853. The van der Waals surface area contributed by atoms with E-state index in [1.54, 1.807) is 12.0 Å². The number of carbonyl (C=O) groups excluding carboxylic acids is 2. The first-order valence-electron chi connectivity index (χ1n) is 8.42. The summed E-state index contributed by atoms with van der Waals surface area (Å²) in [4.78, 5) is 25.5. The minimum absolute atomic E-state index is 0.0810. The molecular formula is C20H23FN2O3. The highest BCUT2D eigenvalue weighted by atomic mass is 19.1. The molecule has 0 aromatic heterocycles. The fourth-order valence-corrected chi connectivity index (χ4v) is 2.51. The number of methoxy groups -OCH3 is 1. The van der Waals surface area contributed by atoms with Crippen LogP contribution >= 0.6 is 0 Å². The number of hydrogen-bond acceptors (Lipinski definition) is 3. The van der Waals surface area contributed by atoms with Crippen LogP contribution in [0.25, 0.3) is 0 Å². The van der Waals surface area contributed by atoms with Crippen molar-refractivity contribution in [2.75, 3.05) is 25.5 Å². The number of anilines is 1. The summed E-state index contributed by atoms with van der Waals surface area (Å²) in [5, 5.41) is 2.69. The minimum atomic E-state index is -0.358. The molecule has 2 rings (SSSR count). The van der Waals surface area contributed by atoms with E-state index in [-0.39, 0.29) is 24.1 Å². The summed E-state index contributed by atoms with van der Waals surface area (Å²) in [5.74, 6) is 0.116. The topological polar surface area (TPSA) is 58.6 Å². The van der Waals surface area contributed by atoms with Gasteiger partial charge >= 0.3 is 0 Å². The highest BCUT2D eigenvalue weighted by Crippen LogP contribution is 2.13. The van der Waals surface area contributed by atoms with E-state index in [9.17, 15) is 14.0 Å². The molecule has 26 heavy (non-hydrogen) atoms. The lowest BCUT2D eigenvalue weighted by Gasteiger charge is -2.21. The maximum absolute atomic E-state index is 12.9. The zero-order valence-corrected chi connectivity index (χ0v) is 15.0. The minimum Gasteiger partial charge on any atom is -0.497 e. The van der Waals surface area contributed by atoms with Gasteiger partial charge in [-0.3, -0.25) is 9.59 Å². The van der Waals surface area contributed by atoms with E-state index in [0.29, 0.717) is 25.2 Å². The standard InChI is InChI=1S/C20H23FN2O3/c1-15(24)23(12-10-16-4-3-5-19(14-16)26-2)13-11-20(25)22-18-8-6-17(21)7-9-18/h3-9,14H,10-13H2,1-2H3,(H,22,25). The third kappa shape index (κ3) is 6.20. The average molecular weight is 358 g/mol. The Kier molecular flexibility index (Phi) is 7.14. The highest BCUT2D eigenvalue weighted by Gasteiger charge is 2.12. The van der Waals surface area contributed by atoms with Gasteiger partial charge in [-0.05, 0) is 48.4 Å². The number of benzene rings is 2. The molecule has 0 saturated heterocycles. The summed E-state index contributed by atoms with van der Waals surface area (Å²) >= 11 is 0. The highest BCUT2D eigenvalue weighted by molar-refractivity contribution is 5.91. The molecule has 138 valence electrons. The first kappa shape index (κ1) is 19.4. The molecule has 6 heteroatoms. The maximum atomic E-state index is 12.9. The summed E-state index contributed by atoms with van der Waals surface area (Å²) in [7, 11) is 1.61. The van der Waals surface area contributed by atoms with Crippen LogP contribution in [0.2, 0.25) is 0 Å². The van der Waals surface area contributed by atoms with Crippen LogP contribution in [0, 0.1) is 5.82 Å². The average Bonchev–Trinajstić information content (AvgIpc) is 2.63. The van der Waals surface area contributed by atoms with E-state index in [0.717, 1.165) is 11.3 Å². The largest absolute Gasteiger partial charge is 0.497 e. The second kappa shape index (κ2) is 9.56. The van der Waals surface area contributed by atoms with Crippen molar-refractivity contribution in [3.8, 4) is 5.75 Å². The van der Waals surface area contributed by atoms with E-state index >= 15 is 0 Å². The van der Waals surface area contributed by atoms with Gasteiger partial charge in [0, 0.05) is 32.1 Å². The number of amides is 2. The molecule has 0 aliphatic rings. The molecule has 0 spiro atoms. The predicted molar refractivity (Wildman–Crippen MR) is 98.6 cm³/mol. The Hall–Kier alpha value is -2.89. The molecule has 0 aliphatic heterocycles. The molecule has 0 radical (unpaired) electrons. The fraction of sp³-hybridized carbons (Fsp3) is 0.300. The van der Waals surface area contributed by atoms with Crippen LogP contribution in [0.5, 0.6) is 5.75 Å². The quantitative estimate of drug-likeness (QED) is 0.788. The van der Waals surface area contributed by atoms with E-state index < -0.39 is 0 Å². The van der Waals surface area contributed by atoms with Gasteiger partial charge in [-0.15, -0.1) is 0 Å². The fourth-order valence-electron chi connectivity index (χ4n) is 2.51. The van der Waals surface area contributed by atoms with Gasteiger partial charge in [-0.25, -0.2) is 4.39 Å². The smallest absolute Gasteiger partial charge is 0.226 e. The van der Waals surface area contributed by atoms with E-state index in [2.05, 4.69) is 5.32 Å². The molecule has 0 unspecified atom stereocenters. The normalized spacial score (nSPS) is 10.3. The summed E-state index contributed by atoms with van der Waals surface area (Å²) < 4.78 is 18.1. The van der Waals surface area contributed by atoms with Crippen molar-refractivity contribution in [3.05, 3.63) is 59.9 Å². The lowest BCUT2D eigenvalue weighted by molar-refractivity contribution is -0.129. The van der Waals surface area contributed by atoms with Crippen LogP contribution in [-0.4, -0.2) is 36.9 Å². The second-order valence-electron chi connectivity index (χ2n) is 5.91. The van der Waals surface area contributed by atoms with Crippen molar-refractivity contribution >= 4 is 17.5 Å². The molecule has 5 nitrogen and oxygen atoms in total. The van der Waals surface area contributed by atoms with Crippen LogP contribution in [0.4, 0.5) is 10.1 Å². The molecule has 0 atom stereocenters. The summed E-state index contributed by atoms with van der Waals surface area (Å²) in [5.41, 5.74) is 1.59. The summed E-state index contributed by atoms with van der Waals surface area (Å²) in [6, 6.07) is 13.2. The Bertz CT molecular complexity index is 747. The van der Waals surface area contributed by atoms with Gasteiger partial charge in [-0.2, -0.15) is 0 Å². The SMILES string of the molecule is COc1cccc(CCN(CCC(=O)Nc2ccc(F)cc2)C(C)=O)c1. The Labute approximate surface area is 152 Å². The van der Waals surface area contributed by atoms with Gasteiger partial charge < -0.3 is 15.0 Å². The van der Waals surface area contributed by atoms with Gasteiger partial charge in [0.2, 0.25) is 11.8 Å². The van der Waals surface area contributed by atoms with E-state index in [1.165, 1.54) is 31.2 Å². The zero-order chi connectivity index (χ0) is 18.9. The van der Waals surface area contributed by atoms with Gasteiger partial charge in [0.25, 0.3) is 0 Å². The maximum Gasteiger partial charge on any atom is 0.226 e. The predicted octanol–water partition coefficient (Wildman–Crippen LogP) is 3.25. The van der Waals surface area contributed by atoms with Gasteiger partial charge in [-0.1, -0.05) is 12.1 Å². The van der Waals surface area contributed by atoms with Crippen molar-refractivity contribution in [1.29, 1.82) is 0 Å². The van der Waals surface area contributed by atoms with Crippen LogP contribution < -0.4 is 10.1 Å². The van der Waals surface area contributed by atoms with Crippen molar-refractivity contribution in [2.45, 2.75) is 19.8 Å². The molecule has 2 aromatic carbocycles. The van der Waals surface area contributed by atoms with Crippen molar-refractivity contribution in [2.24, 2.45) is 0 Å². The van der Waals surface area contributed by atoms with E-state index in [1.807, 2.05) is 24.3 Å². The number of hydrogen-bond donors (Lipinski definition) is 1. The van der Waals surface area contributed by atoms with Gasteiger partial charge in [0.15, 0.2) is 0 Å². The number of nitrogens with one attached hydrogen (secondary N) is 1. The Morgan fingerprint density at radius 3 is 2.50 bits per heavy atom. The van der Waals surface area contributed by atoms with Crippen LogP contribution in [0.15, 0.2) is 48.5 Å². The van der Waals surface area contributed by atoms with Gasteiger partial charge in [0.1, 0.15) is 11.6 Å². The molecule has 2 amide bonds. The van der Waals surface area contributed by atoms with Crippen molar-refractivity contribution < 1.29 is 18.7 Å². The van der Waals surface area contributed by atoms with Crippen LogP contribution in [0.3, 0.4) is 0 Å². The van der Waals surface area contributed by atoms with Crippen LogP contribution in [0.1, 0.15) is 18.9 Å². The number of carbonyl (C=O) groups is 2. The lowest BCUT2D eigenvalue weighted by atomic mass is 10.1. The van der Waals surface area contributed by atoms with Crippen molar-refractivity contribution in [1.82, 2.24) is 4.90 Å². The Morgan fingerprint density at radius 2 is 1.85 bits per heavy atom. The molecule has 0 fully saturated rings. The second-order valence-corrected chi connectivity index (χ2v) is 5.91. The Morgan fingerprint density at radius 1 is 1.12 bits per heavy atom. The molecule has 0 heterocycles. The van der Waals surface area contributed by atoms with Gasteiger partial charge in [0.05, 0.1) is 7.11 Å². The third-order valence-electron chi connectivity index (χ3n) is 3.99. The molecule has 0 aliphatic carbocycles. The zero-order valence-electron chi connectivity index (χ0n) is 15.0. The monoisotopic (exact) mass is 358 g/mol. The molecule has 2 aromatic rings. The number of nitrogens with zero attached hydrogens (tertiary/aromatic N) is 1. The van der Waals surface area contributed by atoms with E-state index in [4.69, 9.17) is 4.74 Å². The Balaban J connectivity index is 1.84.